The fraction of sp³-hybridized carbons (Fsp3) is 0.286. The van der Waals surface area contributed by atoms with Crippen LogP contribution in [-0.2, 0) is 11.3 Å². The van der Waals surface area contributed by atoms with Crippen molar-refractivity contribution in [1.29, 1.82) is 0 Å². The van der Waals surface area contributed by atoms with E-state index in [4.69, 9.17) is 0 Å². The van der Waals surface area contributed by atoms with Crippen LogP contribution in [0.5, 0.6) is 0 Å². The van der Waals surface area contributed by atoms with Crippen molar-refractivity contribution in [3.8, 4) is 0 Å². The minimum atomic E-state index is -0.266. The van der Waals surface area contributed by atoms with Crippen molar-refractivity contribution in [3.05, 3.63) is 46.7 Å². The van der Waals surface area contributed by atoms with Crippen molar-refractivity contribution in [1.82, 2.24) is 9.88 Å². The predicted molar refractivity (Wildman–Crippen MR) is 80.4 cm³/mol. The van der Waals surface area contributed by atoms with E-state index in [9.17, 15) is 9.18 Å². The van der Waals surface area contributed by atoms with Gasteiger partial charge < -0.3 is 4.90 Å². The van der Waals surface area contributed by atoms with Gasteiger partial charge in [-0.15, -0.1) is 11.3 Å². The molecule has 2 aromatic rings. The van der Waals surface area contributed by atoms with Gasteiger partial charge in [-0.3, -0.25) is 4.79 Å². The van der Waals surface area contributed by atoms with Gasteiger partial charge in [0.2, 0.25) is 5.91 Å². The number of hydrogen-bond donors (Lipinski definition) is 0. The molecule has 20 heavy (non-hydrogen) atoms. The van der Waals surface area contributed by atoms with Crippen molar-refractivity contribution in [2.45, 2.75) is 17.8 Å². The first-order valence-electron chi connectivity index (χ1n) is 6.08. The highest BCUT2D eigenvalue weighted by Crippen LogP contribution is 2.22. The first-order valence-corrected chi connectivity index (χ1v) is 7.94. The molecule has 1 aromatic heterocycles. The van der Waals surface area contributed by atoms with E-state index < -0.39 is 0 Å². The summed E-state index contributed by atoms with van der Waals surface area (Å²) in [7, 11) is 1.75. The monoisotopic (exact) mass is 310 g/mol. The highest BCUT2D eigenvalue weighted by molar-refractivity contribution is 8.01. The second-order valence-corrected chi connectivity index (χ2v) is 6.50. The number of thioether (sulfide) groups is 1. The van der Waals surface area contributed by atoms with Crippen molar-refractivity contribution in [2.24, 2.45) is 0 Å². The molecule has 0 aliphatic carbocycles. The summed E-state index contributed by atoms with van der Waals surface area (Å²) in [5, 5.41) is 1.97. The smallest absolute Gasteiger partial charge is 0.233 e. The highest BCUT2D eigenvalue weighted by atomic mass is 32.2. The number of aromatic nitrogens is 1. The third kappa shape index (κ3) is 4.31. The Labute approximate surface area is 125 Å². The zero-order valence-corrected chi connectivity index (χ0v) is 12.9. The molecule has 0 aliphatic rings. The van der Waals surface area contributed by atoms with Gasteiger partial charge in [-0.05, 0) is 24.6 Å². The fourth-order valence-corrected chi connectivity index (χ4v) is 3.37. The van der Waals surface area contributed by atoms with Crippen LogP contribution in [0.15, 0.2) is 34.0 Å². The molecule has 0 atom stereocenters. The summed E-state index contributed by atoms with van der Waals surface area (Å²) < 4.78 is 13.7. The van der Waals surface area contributed by atoms with E-state index in [0.717, 1.165) is 15.6 Å². The third-order valence-electron chi connectivity index (χ3n) is 2.68. The molecule has 3 nitrogen and oxygen atoms in total. The van der Waals surface area contributed by atoms with Gasteiger partial charge in [0.1, 0.15) is 5.82 Å². The van der Waals surface area contributed by atoms with Crippen LogP contribution in [0, 0.1) is 12.7 Å². The van der Waals surface area contributed by atoms with Crippen LogP contribution in [0.25, 0.3) is 0 Å². The summed E-state index contributed by atoms with van der Waals surface area (Å²) in [4.78, 5) is 17.9. The molecular formula is C14H15FN2OS2. The molecule has 0 radical (unpaired) electrons. The second-order valence-electron chi connectivity index (χ2n) is 4.42. The molecular weight excluding hydrogens is 295 g/mol. The summed E-state index contributed by atoms with van der Waals surface area (Å²) in [5.74, 6) is 0.134. The number of halogens is 1. The van der Waals surface area contributed by atoms with E-state index in [1.807, 2.05) is 12.3 Å². The maximum absolute atomic E-state index is 12.8. The van der Waals surface area contributed by atoms with Crippen LogP contribution < -0.4 is 0 Å². The van der Waals surface area contributed by atoms with E-state index in [0.29, 0.717) is 12.3 Å². The maximum atomic E-state index is 12.8. The van der Waals surface area contributed by atoms with E-state index in [1.165, 1.54) is 23.9 Å². The molecule has 0 saturated carbocycles. The molecule has 0 bridgehead atoms. The van der Waals surface area contributed by atoms with Crippen LogP contribution in [0.4, 0.5) is 4.39 Å². The van der Waals surface area contributed by atoms with E-state index in [1.54, 1.807) is 35.4 Å². The Balaban J connectivity index is 1.84. The topological polar surface area (TPSA) is 33.2 Å². The molecule has 106 valence electrons. The third-order valence-corrected chi connectivity index (χ3v) is 4.80. The molecule has 6 heteroatoms. The Bertz CT molecular complexity index is 583. The average molecular weight is 310 g/mol. The lowest BCUT2D eigenvalue weighted by Crippen LogP contribution is -2.27. The number of rotatable bonds is 5. The van der Waals surface area contributed by atoms with Gasteiger partial charge in [-0.25, -0.2) is 9.37 Å². The lowest BCUT2D eigenvalue weighted by atomic mass is 10.2. The summed E-state index contributed by atoms with van der Waals surface area (Å²) >= 11 is 3.00. The second kappa shape index (κ2) is 6.85. The normalized spacial score (nSPS) is 10.6. The quantitative estimate of drug-likeness (QED) is 0.794. The van der Waals surface area contributed by atoms with Crippen molar-refractivity contribution >= 4 is 29.0 Å². The number of carbonyl (C=O) groups excluding carboxylic acids is 1. The molecule has 0 saturated heterocycles. The van der Waals surface area contributed by atoms with Gasteiger partial charge in [-0.1, -0.05) is 23.9 Å². The van der Waals surface area contributed by atoms with Crippen molar-refractivity contribution in [2.75, 3.05) is 12.8 Å². The summed E-state index contributed by atoms with van der Waals surface area (Å²) in [6.45, 7) is 2.42. The van der Waals surface area contributed by atoms with E-state index >= 15 is 0 Å². The summed E-state index contributed by atoms with van der Waals surface area (Å²) in [6.07, 6.45) is 0. The number of amides is 1. The first-order chi connectivity index (χ1) is 9.54. The largest absolute Gasteiger partial charge is 0.341 e. The molecule has 0 fully saturated rings. The Morgan fingerprint density at radius 3 is 2.70 bits per heavy atom. The van der Waals surface area contributed by atoms with Gasteiger partial charge in [0.15, 0.2) is 4.34 Å². The lowest BCUT2D eigenvalue weighted by molar-refractivity contribution is -0.127. The van der Waals surface area contributed by atoms with Crippen LogP contribution in [0.2, 0.25) is 0 Å². The van der Waals surface area contributed by atoms with E-state index in [-0.39, 0.29) is 11.7 Å². The Morgan fingerprint density at radius 2 is 2.10 bits per heavy atom. The summed E-state index contributed by atoms with van der Waals surface area (Å²) in [5.41, 5.74) is 1.89. The standard InChI is InChI=1S/C14H15FN2OS2/c1-10-8-19-14(16-10)20-9-13(18)17(2)7-11-3-5-12(15)6-4-11/h3-6,8H,7,9H2,1-2H3. The van der Waals surface area contributed by atoms with Crippen molar-refractivity contribution < 1.29 is 9.18 Å². The van der Waals surface area contributed by atoms with Gasteiger partial charge in [0, 0.05) is 24.7 Å². The number of thiazole rings is 1. The minimum absolute atomic E-state index is 0.0344. The SMILES string of the molecule is Cc1csc(SCC(=O)N(C)Cc2ccc(F)cc2)n1. The molecule has 0 N–H and O–H groups in total. The van der Waals surface area contributed by atoms with Crippen LogP contribution in [0.1, 0.15) is 11.3 Å². The minimum Gasteiger partial charge on any atom is -0.341 e. The molecule has 2 rings (SSSR count). The molecule has 0 unspecified atom stereocenters. The van der Waals surface area contributed by atoms with Crippen molar-refractivity contribution in [3.63, 3.8) is 0 Å². The molecule has 0 spiro atoms. The number of hydrogen-bond acceptors (Lipinski definition) is 4. The van der Waals surface area contributed by atoms with Crippen LogP contribution in [0.3, 0.4) is 0 Å². The Morgan fingerprint density at radius 1 is 1.40 bits per heavy atom. The molecule has 1 amide bonds. The van der Waals surface area contributed by atoms with Gasteiger partial charge in [-0.2, -0.15) is 0 Å². The van der Waals surface area contributed by atoms with Crippen LogP contribution in [-0.4, -0.2) is 28.6 Å². The zero-order chi connectivity index (χ0) is 14.5. The molecule has 1 heterocycles. The number of carbonyl (C=O) groups is 1. The summed E-state index contributed by atoms with van der Waals surface area (Å²) in [6, 6.07) is 6.19. The maximum Gasteiger partial charge on any atom is 0.233 e. The number of aryl methyl sites for hydroxylation is 1. The average Bonchev–Trinajstić information content (AvgIpc) is 2.84. The fourth-order valence-electron chi connectivity index (χ4n) is 1.58. The van der Waals surface area contributed by atoms with Gasteiger partial charge in [0.05, 0.1) is 5.75 Å². The number of nitrogens with zero attached hydrogens (tertiary/aromatic N) is 2. The lowest BCUT2D eigenvalue weighted by Gasteiger charge is -2.16. The zero-order valence-electron chi connectivity index (χ0n) is 11.3. The first kappa shape index (κ1) is 15.0. The molecule has 1 aromatic carbocycles. The van der Waals surface area contributed by atoms with Gasteiger partial charge >= 0.3 is 0 Å². The van der Waals surface area contributed by atoms with Gasteiger partial charge in [0.25, 0.3) is 0 Å². The number of benzene rings is 1. The predicted octanol–water partition coefficient (Wildman–Crippen LogP) is 3.34. The van der Waals surface area contributed by atoms with Crippen LogP contribution >= 0.6 is 23.1 Å². The Kier molecular flexibility index (Phi) is 5.14. The van der Waals surface area contributed by atoms with E-state index in [2.05, 4.69) is 4.98 Å². The Hall–Kier alpha value is -1.40. The highest BCUT2D eigenvalue weighted by Gasteiger charge is 2.11. The molecule has 0 aliphatic heterocycles.